The third-order valence-corrected chi connectivity index (χ3v) is 4.05. The Morgan fingerprint density at radius 3 is 3.00 bits per heavy atom. The number of nitrogens with zero attached hydrogens (tertiary/aromatic N) is 1. The fraction of sp³-hybridized carbons (Fsp3) is 0.235. The zero-order valence-electron chi connectivity index (χ0n) is 11.5. The molecule has 3 nitrogen and oxygen atoms in total. The third kappa shape index (κ3) is 2.96. The Bertz CT molecular complexity index is 693. The Hall–Kier alpha value is -2.18. The molecule has 0 radical (unpaired) electrons. The summed E-state index contributed by atoms with van der Waals surface area (Å²) in [5.74, 6) is 1.35. The van der Waals surface area contributed by atoms with Crippen LogP contribution in [0.25, 0.3) is 0 Å². The second-order valence-corrected chi connectivity index (χ2v) is 5.47. The molecule has 1 heterocycles. The summed E-state index contributed by atoms with van der Waals surface area (Å²) in [6.07, 6.45) is 0.972. The number of para-hydroxylation sites is 1. The lowest BCUT2D eigenvalue weighted by molar-refractivity contribution is 0.270. The number of anilines is 1. The second kappa shape index (κ2) is 6.07. The van der Waals surface area contributed by atoms with Crippen molar-refractivity contribution in [2.45, 2.75) is 12.3 Å². The maximum absolute atomic E-state index is 8.96. The van der Waals surface area contributed by atoms with Crippen LogP contribution < -0.4 is 10.1 Å². The van der Waals surface area contributed by atoms with Gasteiger partial charge in [-0.2, -0.15) is 5.26 Å². The number of ether oxygens (including phenoxy) is 1. The molecule has 1 aliphatic rings. The van der Waals surface area contributed by atoms with Crippen LogP contribution in [0.3, 0.4) is 0 Å². The van der Waals surface area contributed by atoms with Gasteiger partial charge in [0.2, 0.25) is 0 Å². The number of fused-ring (bicyclic) bond motifs is 1. The SMILES string of the molecule is N#Cc1ccc(Cl)c(NCC2CCOc3ccccc32)c1. The third-order valence-electron chi connectivity index (χ3n) is 3.72. The first-order valence-electron chi connectivity index (χ1n) is 6.93. The van der Waals surface area contributed by atoms with Crippen molar-refractivity contribution in [3.63, 3.8) is 0 Å². The van der Waals surface area contributed by atoms with E-state index in [1.807, 2.05) is 18.2 Å². The van der Waals surface area contributed by atoms with E-state index in [0.717, 1.165) is 31.0 Å². The van der Waals surface area contributed by atoms with Gasteiger partial charge in [-0.05, 0) is 36.2 Å². The van der Waals surface area contributed by atoms with Crippen molar-refractivity contribution in [3.8, 4) is 11.8 Å². The summed E-state index contributed by atoms with van der Waals surface area (Å²) in [4.78, 5) is 0. The summed E-state index contributed by atoms with van der Waals surface area (Å²) >= 11 is 6.17. The van der Waals surface area contributed by atoms with Crippen molar-refractivity contribution in [3.05, 3.63) is 58.6 Å². The highest BCUT2D eigenvalue weighted by Gasteiger charge is 2.20. The first kappa shape index (κ1) is 13.8. The lowest BCUT2D eigenvalue weighted by Crippen LogP contribution is -2.20. The predicted octanol–water partition coefficient (Wildman–Crippen LogP) is 4.19. The number of hydrogen-bond donors (Lipinski definition) is 1. The molecule has 0 fully saturated rings. The number of nitrogens with one attached hydrogen (secondary N) is 1. The van der Waals surface area contributed by atoms with Gasteiger partial charge < -0.3 is 10.1 Å². The monoisotopic (exact) mass is 298 g/mol. The van der Waals surface area contributed by atoms with Gasteiger partial charge in [-0.15, -0.1) is 0 Å². The average molecular weight is 299 g/mol. The van der Waals surface area contributed by atoms with E-state index >= 15 is 0 Å². The molecule has 0 aliphatic carbocycles. The molecule has 3 rings (SSSR count). The van der Waals surface area contributed by atoms with Crippen molar-refractivity contribution in [2.24, 2.45) is 0 Å². The van der Waals surface area contributed by atoms with Gasteiger partial charge in [-0.1, -0.05) is 29.8 Å². The lowest BCUT2D eigenvalue weighted by atomic mass is 9.93. The van der Waals surface area contributed by atoms with Gasteiger partial charge in [0, 0.05) is 12.5 Å². The molecule has 4 heteroatoms. The Balaban J connectivity index is 1.76. The van der Waals surface area contributed by atoms with Crippen LogP contribution in [0.15, 0.2) is 42.5 Å². The van der Waals surface area contributed by atoms with Crippen LogP contribution in [0.1, 0.15) is 23.5 Å². The second-order valence-electron chi connectivity index (χ2n) is 5.06. The first-order valence-corrected chi connectivity index (χ1v) is 7.31. The Morgan fingerprint density at radius 2 is 2.14 bits per heavy atom. The predicted molar refractivity (Wildman–Crippen MR) is 84.0 cm³/mol. The molecule has 0 saturated heterocycles. The Morgan fingerprint density at radius 1 is 1.29 bits per heavy atom. The molecule has 1 unspecified atom stereocenters. The topological polar surface area (TPSA) is 45.0 Å². The number of rotatable bonds is 3. The molecule has 1 atom stereocenters. The first-order chi connectivity index (χ1) is 10.3. The summed E-state index contributed by atoms with van der Waals surface area (Å²) in [6, 6.07) is 15.5. The molecule has 106 valence electrons. The summed E-state index contributed by atoms with van der Waals surface area (Å²) in [5, 5.41) is 13.0. The highest BCUT2D eigenvalue weighted by atomic mass is 35.5. The lowest BCUT2D eigenvalue weighted by Gasteiger charge is -2.26. The van der Waals surface area contributed by atoms with E-state index in [1.54, 1.807) is 18.2 Å². The fourth-order valence-electron chi connectivity index (χ4n) is 2.59. The van der Waals surface area contributed by atoms with Gasteiger partial charge in [0.25, 0.3) is 0 Å². The summed E-state index contributed by atoms with van der Waals surface area (Å²) in [5.41, 5.74) is 2.64. The molecule has 1 N–H and O–H groups in total. The molecule has 0 spiro atoms. The van der Waals surface area contributed by atoms with Crippen molar-refractivity contribution in [1.82, 2.24) is 0 Å². The van der Waals surface area contributed by atoms with E-state index in [0.29, 0.717) is 16.5 Å². The van der Waals surface area contributed by atoms with Crippen LogP contribution >= 0.6 is 11.6 Å². The highest BCUT2D eigenvalue weighted by Crippen LogP contribution is 2.34. The molecule has 0 aromatic heterocycles. The highest BCUT2D eigenvalue weighted by molar-refractivity contribution is 6.33. The summed E-state index contributed by atoms with van der Waals surface area (Å²) in [6.45, 7) is 1.50. The van der Waals surface area contributed by atoms with Gasteiger partial charge in [0.05, 0.1) is 28.9 Å². The van der Waals surface area contributed by atoms with E-state index in [9.17, 15) is 0 Å². The van der Waals surface area contributed by atoms with Crippen molar-refractivity contribution >= 4 is 17.3 Å². The van der Waals surface area contributed by atoms with E-state index in [1.165, 1.54) is 5.56 Å². The van der Waals surface area contributed by atoms with Gasteiger partial charge >= 0.3 is 0 Å². The molecular weight excluding hydrogens is 284 g/mol. The standard InChI is InChI=1S/C17H15ClN2O/c18-15-6-5-12(10-19)9-16(15)20-11-13-7-8-21-17-4-2-1-3-14(13)17/h1-6,9,13,20H,7-8,11H2. The van der Waals surface area contributed by atoms with Crippen LogP contribution in [0, 0.1) is 11.3 Å². The fourth-order valence-corrected chi connectivity index (χ4v) is 2.78. The number of halogens is 1. The van der Waals surface area contributed by atoms with Crippen LogP contribution in [-0.4, -0.2) is 13.2 Å². The molecule has 1 aliphatic heterocycles. The Kier molecular flexibility index (Phi) is 3.98. The van der Waals surface area contributed by atoms with Gasteiger partial charge in [0.1, 0.15) is 5.75 Å². The average Bonchev–Trinajstić information content (AvgIpc) is 2.54. The molecule has 0 amide bonds. The van der Waals surface area contributed by atoms with E-state index in [2.05, 4.69) is 17.5 Å². The largest absolute Gasteiger partial charge is 0.493 e. The number of benzene rings is 2. The minimum atomic E-state index is 0.386. The van der Waals surface area contributed by atoms with Gasteiger partial charge in [-0.3, -0.25) is 0 Å². The van der Waals surface area contributed by atoms with Crippen molar-refractivity contribution in [2.75, 3.05) is 18.5 Å². The van der Waals surface area contributed by atoms with Crippen LogP contribution in [-0.2, 0) is 0 Å². The molecule has 0 saturated carbocycles. The normalized spacial score (nSPS) is 16.5. The van der Waals surface area contributed by atoms with E-state index in [-0.39, 0.29) is 0 Å². The van der Waals surface area contributed by atoms with Crippen molar-refractivity contribution in [1.29, 1.82) is 5.26 Å². The molecule has 21 heavy (non-hydrogen) atoms. The zero-order chi connectivity index (χ0) is 14.7. The molecular formula is C17H15ClN2O. The van der Waals surface area contributed by atoms with E-state index < -0.39 is 0 Å². The Labute approximate surface area is 129 Å². The molecule has 2 aromatic rings. The maximum atomic E-state index is 8.96. The summed E-state index contributed by atoms with van der Waals surface area (Å²) in [7, 11) is 0. The number of hydrogen-bond acceptors (Lipinski definition) is 3. The molecule has 0 bridgehead atoms. The zero-order valence-corrected chi connectivity index (χ0v) is 12.2. The van der Waals surface area contributed by atoms with Crippen LogP contribution in [0.2, 0.25) is 5.02 Å². The van der Waals surface area contributed by atoms with E-state index in [4.69, 9.17) is 21.6 Å². The minimum Gasteiger partial charge on any atom is -0.493 e. The van der Waals surface area contributed by atoms with Crippen LogP contribution in [0.5, 0.6) is 5.75 Å². The van der Waals surface area contributed by atoms with Crippen LogP contribution in [0.4, 0.5) is 5.69 Å². The van der Waals surface area contributed by atoms with Gasteiger partial charge in [-0.25, -0.2) is 0 Å². The molecule has 2 aromatic carbocycles. The van der Waals surface area contributed by atoms with Crippen molar-refractivity contribution < 1.29 is 4.74 Å². The smallest absolute Gasteiger partial charge is 0.122 e. The maximum Gasteiger partial charge on any atom is 0.122 e. The van der Waals surface area contributed by atoms with Gasteiger partial charge in [0.15, 0.2) is 0 Å². The quantitative estimate of drug-likeness (QED) is 0.924. The minimum absolute atomic E-state index is 0.386. The summed E-state index contributed by atoms with van der Waals surface area (Å²) < 4.78 is 5.67. The number of nitriles is 1.